The average molecular weight is 519 g/mol. The maximum absolute atomic E-state index is 12.5. The van der Waals surface area contributed by atoms with E-state index in [1.165, 1.54) is 18.0 Å². The van der Waals surface area contributed by atoms with E-state index >= 15 is 0 Å². The van der Waals surface area contributed by atoms with Crippen LogP contribution in [-0.4, -0.2) is 55.9 Å². The molecule has 2 aromatic heterocycles. The Labute approximate surface area is 218 Å². The van der Waals surface area contributed by atoms with Gasteiger partial charge >= 0.3 is 0 Å². The van der Waals surface area contributed by atoms with Crippen LogP contribution in [0.1, 0.15) is 19.4 Å². The molecular weight excluding hydrogens is 492 g/mol. The number of carbonyl (C=O) groups excluding carboxylic acids is 1. The number of aromatic nitrogens is 4. The maximum Gasteiger partial charge on any atom is 0.250 e. The molecule has 190 valence electrons. The Kier molecular flexibility index (Phi) is 8.71. The van der Waals surface area contributed by atoms with Gasteiger partial charge < -0.3 is 14.6 Å². The number of aromatic hydroxyl groups is 1. The lowest BCUT2D eigenvalue weighted by Crippen LogP contribution is -2.20. The molecule has 0 aliphatic carbocycles. The highest BCUT2D eigenvalue weighted by Gasteiger charge is 2.17. The second-order valence-corrected chi connectivity index (χ2v) is 8.46. The molecule has 2 aromatic carbocycles. The Hall–Kier alpha value is -4.38. The summed E-state index contributed by atoms with van der Waals surface area (Å²) < 4.78 is 12.8. The van der Waals surface area contributed by atoms with Crippen LogP contribution >= 0.6 is 11.8 Å². The number of thioether (sulfide) groups is 1. The van der Waals surface area contributed by atoms with Crippen LogP contribution in [-0.2, 0) is 4.79 Å². The Morgan fingerprint density at radius 2 is 1.89 bits per heavy atom. The zero-order valence-corrected chi connectivity index (χ0v) is 21.2. The van der Waals surface area contributed by atoms with Crippen molar-refractivity contribution in [1.82, 2.24) is 25.2 Å². The van der Waals surface area contributed by atoms with Gasteiger partial charge in [0, 0.05) is 29.2 Å². The number of hydrazone groups is 1. The van der Waals surface area contributed by atoms with Gasteiger partial charge in [-0.05, 0) is 62.4 Å². The first-order valence-corrected chi connectivity index (χ1v) is 12.6. The molecular formula is C26H26N6O4S. The van der Waals surface area contributed by atoms with E-state index in [-0.39, 0.29) is 17.4 Å². The van der Waals surface area contributed by atoms with Crippen molar-refractivity contribution in [2.45, 2.75) is 19.0 Å². The van der Waals surface area contributed by atoms with Crippen molar-refractivity contribution >= 4 is 23.9 Å². The van der Waals surface area contributed by atoms with E-state index in [0.717, 1.165) is 17.0 Å². The summed E-state index contributed by atoms with van der Waals surface area (Å²) in [7, 11) is 0. The molecule has 4 aromatic rings. The summed E-state index contributed by atoms with van der Waals surface area (Å²) in [5, 5.41) is 23.4. The fourth-order valence-electron chi connectivity index (χ4n) is 3.39. The fourth-order valence-corrected chi connectivity index (χ4v) is 4.13. The van der Waals surface area contributed by atoms with E-state index in [4.69, 9.17) is 9.47 Å². The second-order valence-electron chi connectivity index (χ2n) is 7.52. The molecule has 1 amide bonds. The van der Waals surface area contributed by atoms with Crippen LogP contribution in [0.2, 0.25) is 0 Å². The minimum absolute atomic E-state index is 0.0388. The standard InChI is InChI=1S/C26H26N6O4S/c1-3-35-21-12-10-20(11-13-21)32-25(19-8-6-14-27-15-19)30-31-26(32)37-17-23(33)29-28-16-18-7-5-9-22(24(18)34)36-4-2/h5-16,34H,3-4,17H2,1-2H3,(H,29,33). The van der Waals surface area contributed by atoms with Gasteiger partial charge in [-0.2, -0.15) is 5.10 Å². The summed E-state index contributed by atoms with van der Waals surface area (Å²) in [5.41, 5.74) is 4.51. The van der Waals surface area contributed by atoms with Crippen LogP contribution < -0.4 is 14.9 Å². The van der Waals surface area contributed by atoms with Gasteiger partial charge in [-0.15, -0.1) is 10.2 Å². The van der Waals surface area contributed by atoms with Gasteiger partial charge in [0.1, 0.15) is 5.75 Å². The number of carbonyl (C=O) groups is 1. The predicted octanol–water partition coefficient (Wildman–Crippen LogP) is 4.07. The fraction of sp³-hybridized carbons (Fsp3) is 0.192. The van der Waals surface area contributed by atoms with Crippen molar-refractivity contribution in [3.8, 4) is 34.3 Å². The van der Waals surface area contributed by atoms with Gasteiger partial charge in [-0.1, -0.05) is 17.8 Å². The summed E-state index contributed by atoms with van der Waals surface area (Å²) in [6.45, 7) is 4.75. The van der Waals surface area contributed by atoms with Crippen LogP contribution in [0.15, 0.2) is 77.2 Å². The van der Waals surface area contributed by atoms with Crippen molar-refractivity contribution < 1.29 is 19.4 Å². The van der Waals surface area contributed by atoms with Crippen LogP contribution in [0.3, 0.4) is 0 Å². The molecule has 4 rings (SSSR count). The molecule has 0 aliphatic rings. The molecule has 0 unspecified atom stereocenters. The molecule has 0 radical (unpaired) electrons. The SMILES string of the molecule is CCOc1ccc(-n2c(SCC(=O)NN=Cc3cccc(OCC)c3O)nnc2-c2cccnc2)cc1. The van der Waals surface area contributed by atoms with E-state index in [1.54, 1.807) is 30.6 Å². The summed E-state index contributed by atoms with van der Waals surface area (Å²) in [4.78, 5) is 16.7. The van der Waals surface area contributed by atoms with E-state index in [2.05, 4.69) is 25.7 Å². The lowest BCUT2D eigenvalue weighted by Gasteiger charge is -2.11. The van der Waals surface area contributed by atoms with Crippen LogP contribution in [0.25, 0.3) is 17.1 Å². The summed E-state index contributed by atoms with van der Waals surface area (Å²) in [6.07, 6.45) is 4.76. The molecule has 10 nitrogen and oxygen atoms in total. The zero-order chi connectivity index (χ0) is 26.0. The third-order valence-electron chi connectivity index (χ3n) is 5.01. The minimum atomic E-state index is -0.342. The zero-order valence-electron chi connectivity index (χ0n) is 20.4. The smallest absolute Gasteiger partial charge is 0.250 e. The number of para-hydroxylation sites is 1. The van der Waals surface area contributed by atoms with Crippen molar-refractivity contribution in [3.05, 3.63) is 72.6 Å². The summed E-state index contributed by atoms with van der Waals surface area (Å²) >= 11 is 1.22. The molecule has 0 spiro atoms. The van der Waals surface area contributed by atoms with Crippen LogP contribution in [0.4, 0.5) is 0 Å². The lowest BCUT2D eigenvalue weighted by molar-refractivity contribution is -0.118. The number of nitrogens with zero attached hydrogens (tertiary/aromatic N) is 5. The Balaban J connectivity index is 1.48. The topological polar surface area (TPSA) is 124 Å². The first-order chi connectivity index (χ1) is 18.1. The van der Waals surface area contributed by atoms with E-state index in [1.807, 2.05) is 54.8 Å². The van der Waals surface area contributed by atoms with Crippen LogP contribution in [0, 0.1) is 0 Å². The van der Waals surface area contributed by atoms with Crippen molar-refractivity contribution in [2.24, 2.45) is 5.10 Å². The molecule has 0 fully saturated rings. The first-order valence-electron chi connectivity index (χ1n) is 11.6. The molecule has 0 saturated heterocycles. The van der Waals surface area contributed by atoms with Crippen molar-refractivity contribution in [2.75, 3.05) is 19.0 Å². The monoisotopic (exact) mass is 518 g/mol. The number of benzene rings is 2. The highest BCUT2D eigenvalue weighted by Crippen LogP contribution is 2.29. The molecule has 37 heavy (non-hydrogen) atoms. The van der Waals surface area contributed by atoms with Crippen LogP contribution in [0.5, 0.6) is 17.2 Å². The van der Waals surface area contributed by atoms with Gasteiger partial charge in [0.25, 0.3) is 5.91 Å². The first kappa shape index (κ1) is 25.7. The van der Waals surface area contributed by atoms with Gasteiger partial charge in [0.05, 0.1) is 25.2 Å². The van der Waals surface area contributed by atoms with Gasteiger partial charge in [0.2, 0.25) is 0 Å². The maximum atomic E-state index is 12.5. The number of nitrogens with one attached hydrogen (secondary N) is 1. The van der Waals surface area contributed by atoms with E-state index in [9.17, 15) is 9.90 Å². The predicted molar refractivity (Wildman–Crippen MR) is 141 cm³/mol. The second kappa shape index (κ2) is 12.5. The van der Waals surface area contributed by atoms with Crippen molar-refractivity contribution in [3.63, 3.8) is 0 Å². The molecule has 2 heterocycles. The summed E-state index contributed by atoms with van der Waals surface area (Å²) in [5.74, 6) is 1.37. The Morgan fingerprint density at radius 1 is 1.08 bits per heavy atom. The third kappa shape index (κ3) is 6.44. The molecule has 0 saturated carbocycles. The van der Waals surface area contributed by atoms with Gasteiger partial charge in [-0.3, -0.25) is 14.3 Å². The molecule has 0 aliphatic heterocycles. The molecule has 0 atom stereocenters. The van der Waals surface area contributed by atoms with Crippen molar-refractivity contribution in [1.29, 1.82) is 0 Å². The molecule has 2 N–H and O–H groups in total. The number of phenolic OH excluding ortho intramolecular Hbond substituents is 1. The van der Waals surface area contributed by atoms with Gasteiger partial charge in [-0.25, -0.2) is 5.43 Å². The number of amides is 1. The Bertz CT molecular complexity index is 1360. The summed E-state index contributed by atoms with van der Waals surface area (Å²) in [6, 6.07) is 16.3. The highest BCUT2D eigenvalue weighted by atomic mass is 32.2. The number of pyridine rings is 1. The number of rotatable bonds is 11. The number of phenols is 1. The Morgan fingerprint density at radius 3 is 2.62 bits per heavy atom. The quantitative estimate of drug-likeness (QED) is 0.173. The number of hydrogen-bond acceptors (Lipinski definition) is 9. The van der Waals surface area contributed by atoms with E-state index in [0.29, 0.717) is 35.5 Å². The minimum Gasteiger partial charge on any atom is -0.504 e. The third-order valence-corrected chi connectivity index (χ3v) is 5.94. The lowest BCUT2D eigenvalue weighted by atomic mass is 10.2. The van der Waals surface area contributed by atoms with Gasteiger partial charge in [0.15, 0.2) is 22.5 Å². The number of hydrogen-bond donors (Lipinski definition) is 2. The number of ether oxygens (including phenoxy) is 2. The van der Waals surface area contributed by atoms with E-state index < -0.39 is 0 Å². The average Bonchev–Trinajstić information content (AvgIpc) is 3.35. The largest absolute Gasteiger partial charge is 0.504 e. The molecule has 11 heteroatoms. The highest BCUT2D eigenvalue weighted by molar-refractivity contribution is 7.99. The normalized spacial score (nSPS) is 11.0. The molecule has 0 bridgehead atoms.